The molecule has 0 radical (unpaired) electrons. The second-order valence-electron chi connectivity index (χ2n) is 5.19. The van der Waals surface area contributed by atoms with Crippen LogP contribution in [0.1, 0.15) is 30.0 Å². The number of carbonyl (C=O) groups is 1. The van der Waals surface area contributed by atoms with Crippen LogP contribution in [0.5, 0.6) is 0 Å². The van der Waals surface area contributed by atoms with Crippen LogP contribution in [0, 0.1) is 12.3 Å². The fourth-order valence-corrected chi connectivity index (χ4v) is 2.35. The molecule has 4 nitrogen and oxygen atoms in total. The third-order valence-corrected chi connectivity index (χ3v) is 3.74. The molecule has 1 rings (SSSR count). The van der Waals surface area contributed by atoms with Crippen LogP contribution in [0.3, 0.4) is 0 Å². The number of thiophene rings is 1. The summed E-state index contributed by atoms with van der Waals surface area (Å²) in [6.45, 7) is 7.35. The van der Waals surface area contributed by atoms with Gasteiger partial charge in [-0.2, -0.15) is 0 Å². The van der Waals surface area contributed by atoms with Gasteiger partial charge in [0.05, 0.1) is 6.54 Å². The first-order valence-corrected chi connectivity index (χ1v) is 6.92. The zero-order valence-corrected chi connectivity index (χ0v) is 12.1. The Labute approximate surface area is 112 Å². The molecule has 0 saturated heterocycles. The maximum Gasteiger partial charge on any atom is 0.315 e. The monoisotopic (exact) mass is 270 g/mol. The van der Waals surface area contributed by atoms with Gasteiger partial charge in [0, 0.05) is 22.9 Å². The quantitative estimate of drug-likeness (QED) is 0.742. The van der Waals surface area contributed by atoms with Gasteiger partial charge in [0.1, 0.15) is 0 Å². The Kier molecular flexibility index (Phi) is 5.62. The van der Waals surface area contributed by atoms with Crippen molar-refractivity contribution >= 4 is 17.4 Å². The number of hydrogen-bond acceptors (Lipinski definition) is 3. The second kappa shape index (κ2) is 6.75. The summed E-state index contributed by atoms with van der Waals surface area (Å²) in [5, 5.41) is 14.5. The van der Waals surface area contributed by atoms with Crippen molar-refractivity contribution in [1.29, 1.82) is 0 Å². The second-order valence-corrected chi connectivity index (χ2v) is 6.56. The van der Waals surface area contributed by atoms with Crippen molar-refractivity contribution in [2.24, 2.45) is 5.41 Å². The zero-order valence-electron chi connectivity index (χ0n) is 11.2. The lowest BCUT2D eigenvalue weighted by molar-refractivity contribution is 0.201. The predicted octanol–water partition coefficient (Wildman–Crippen LogP) is 2.26. The largest absolute Gasteiger partial charge is 0.396 e. The molecule has 0 aliphatic carbocycles. The van der Waals surface area contributed by atoms with Crippen LogP contribution in [0.15, 0.2) is 12.1 Å². The Morgan fingerprint density at radius 3 is 2.67 bits per heavy atom. The lowest BCUT2D eigenvalue weighted by atomic mass is 9.90. The smallest absolute Gasteiger partial charge is 0.315 e. The average molecular weight is 270 g/mol. The Bertz CT molecular complexity index is 388. The molecule has 0 bridgehead atoms. The van der Waals surface area contributed by atoms with Gasteiger partial charge in [-0.1, -0.05) is 13.8 Å². The van der Waals surface area contributed by atoms with E-state index in [1.165, 1.54) is 4.88 Å². The average Bonchev–Trinajstić information content (AvgIpc) is 2.70. The van der Waals surface area contributed by atoms with Crippen LogP contribution in [0.25, 0.3) is 0 Å². The van der Waals surface area contributed by atoms with Gasteiger partial charge in [-0.3, -0.25) is 0 Å². The normalized spacial score (nSPS) is 11.3. The number of aliphatic hydroxyl groups is 1. The van der Waals surface area contributed by atoms with Crippen LogP contribution in [0.2, 0.25) is 0 Å². The van der Waals surface area contributed by atoms with Crippen molar-refractivity contribution in [3.63, 3.8) is 0 Å². The lowest BCUT2D eigenvalue weighted by Gasteiger charge is -2.23. The summed E-state index contributed by atoms with van der Waals surface area (Å²) >= 11 is 1.69. The molecular formula is C13H22N2O2S. The molecule has 0 aliphatic rings. The maximum absolute atomic E-state index is 11.6. The minimum Gasteiger partial charge on any atom is -0.396 e. The van der Waals surface area contributed by atoms with Crippen molar-refractivity contribution in [2.45, 2.75) is 33.7 Å². The Balaban J connectivity index is 2.26. The van der Waals surface area contributed by atoms with E-state index in [2.05, 4.69) is 10.6 Å². The van der Waals surface area contributed by atoms with Crippen LogP contribution in [-0.4, -0.2) is 24.3 Å². The fourth-order valence-electron chi connectivity index (χ4n) is 1.52. The van der Waals surface area contributed by atoms with E-state index in [0.717, 1.165) is 4.88 Å². The van der Waals surface area contributed by atoms with Gasteiger partial charge in [-0.15, -0.1) is 11.3 Å². The maximum atomic E-state index is 11.6. The molecule has 0 saturated carbocycles. The van der Waals surface area contributed by atoms with Gasteiger partial charge in [0.25, 0.3) is 0 Å². The molecule has 5 heteroatoms. The molecule has 18 heavy (non-hydrogen) atoms. The Morgan fingerprint density at radius 1 is 1.39 bits per heavy atom. The van der Waals surface area contributed by atoms with E-state index < -0.39 is 0 Å². The van der Waals surface area contributed by atoms with Crippen molar-refractivity contribution < 1.29 is 9.90 Å². The van der Waals surface area contributed by atoms with Gasteiger partial charge in [-0.05, 0) is 30.9 Å². The number of aryl methyl sites for hydroxylation is 1. The number of rotatable bonds is 6. The summed E-state index contributed by atoms with van der Waals surface area (Å²) in [4.78, 5) is 14.0. The molecule has 3 N–H and O–H groups in total. The molecule has 1 heterocycles. The van der Waals surface area contributed by atoms with Gasteiger partial charge >= 0.3 is 6.03 Å². The third-order valence-electron chi connectivity index (χ3n) is 2.74. The topological polar surface area (TPSA) is 61.4 Å². The van der Waals surface area contributed by atoms with E-state index in [0.29, 0.717) is 19.5 Å². The Hall–Kier alpha value is -1.07. The highest BCUT2D eigenvalue weighted by atomic mass is 32.1. The minimum atomic E-state index is -0.160. The molecule has 0 fully saturated rings. The minimum absolute atomic E-state index is 0.0778. The summed E-state index contributed by atoms with van der Waals surface area (Å²) < 4.78 is 0. The molecule has 2 amide bonds. The first-order chi connectivity index (χ1) is 8.43. The highest BCUT2D eigenvalue weighted by Crippen LogP contribution is 2.18. The lowest BCUT2D eigenvalue weighted by Crippen LogP contribution is -2.40. The van der Waals surface area contributed by atoms with Crippen LogP contribution < -0.4 is 10.6 Å². The molecule has 0 aliphatic heterocycles. The summed E-state index contributed by atoms with van der Waals surface area (Å²) in [6.07, 6.45) is 0.678. The van der Waals surface area contributed by atoms with Crippen molar-refractivity contribution in [3.8, 4) is 0 Å². The number of nitrogens with one attached hydrogen (secondary N) is 2. The van der Waals surface area contributed by atoms with Gasteiger partial charge < -0.3 is 15.7 Å². The van der Waals surface area contributed by atoms with E-state index in [1.807, 2.05) is 32.9 Å². The van der Waals surface area contributed by atoms with Crippen molar-refractivity contribution in [1.82, 2.24) is 10.6 Å². The van der Waals surface area contributed by atoms with Crippen LogP contribution in [0.4, 0.5) is 4.79 Å². The number of urea groups is 1. The summed E-state index contributed by atoms with van der Waals surface area (Å²) in [5.74, 6) is 0. The van der Waals surface area contributed by atoms with Gasteiger partial charge in [0.15, 0.2) is 0 Å². The van der Waals surface area contributed by atoms with E-state index in [1.54, 1.807) is 11.3 Å². The summed E-state index contributed by atoms with van der Waals surface area (Å²) in [5.41, 5.74) is -0.0778. The van der Waals surface area contributed by atoms with E-state index in [4.69, 9.17) is 5.11 Å². The number of hydrogen-bond donors (Lipinski definition) is 3. The third kappa shape index (κ3) is 5.51. The number of carbonyl (C=O) groups excluding carboxylic acids is 1. The van der Waals surface area contributed by atoms with Gasteiger partial charge in [0.2, 0.25) is 0 Å². The predicted molar refractivity (Wildman–Crippen MR) is 74.8 cm³/mol. The molecule has 1 aromatic rings. The van der Waals surface area contributed by atoms with Gasteiger partial charge in [-0.25, -0.2) is 4.79 Å². The standard InChI is InChI=1S/C13H22N2O2S/c1-10-4-5-11(18-10)8-14-12(17)15-9-13(2,3)6-7-16/h4-5,16H,6-9H2,1-3H3,(H2,14,15,17). The fraction of sp³-hybridized carbons (Fsp3) is 0.615. The van der Waals surface area contributed by atoms with E-state index in [9.17, 15) is 4.79 Å². The first-order valence-electron chi connectivity index (χ1n) is 6.11. The first kappa shape index (κ1) is 15.0. The SMILES string of the molecule is Cc1ccc(CNC(=O)NCC(C)(C)CCO)s1. The number of amides is 2. The van der Waals surface area contributed by atoms with E-state index >= 15 is 0 Å². The van der Waals surface area contributed by atoms with Crippen molar-refractivity contribution in [2.75, 3.05) is 13.2 Å². The molecule has 0 aromatic carbocycles. The molecule has 0 spiro atoms. The molecule has 0 atom stereocenters. The van der Waals surface area contributed by atoms with E-state index in [-0.39, 0.29) is 18.1 Å². The van der Waals surface area contributed by atoms with Crippen LogP contribution in [-0.2, 0) is 6.54 Å². The molecule has 102 valence electrons. The summed E-state index contributed by atoms with van der Waals surface area (Å²) in [7, 11) is 0. The molecular weight excluding hydrogens is 248 g/mol. The summed E-state index contributed by atoms with van der Waals surface area (Å²) in [6, 6.07) is 3.91. The van der Waals surface area contributed by atoms with Crippen molar-refractivity contribution in [3.05, 3.63) is 21.9 Å². The highest BCUT2D eigenvalue weighted by Gasteiger charge is 2.17. The highest BCUT2D eigenvalue weighted by molar-refractivity contribution is 7.11. The number of aliphatic hydroxyl groups excluding tert-OH is 1. The Morgan fingerprint density at radius 2 is 2.11 bits per heavy atom. The molecule has 1 aromatic heterocycles. The zero-order chi connectivity index (χ0) is 13.6. The van der Waals surface area contributed by atoms with Crippen LogP contribution >= 0.6 is 11.3 Å². The molecule has 0 unspecified atom stereocenters.